The first kappa shape index (κ1) is 15.4. The molecule has 112 valence electrons. The predicted octanol–water partition coefficient (Wildman–Crippen LogP) is 4.50. The number of hydrogen-bond acceptors (Lipinski definition) is 2. The first-order valence-electron chi connectivity index (χ1n) is 8.25. The normalized spacial score (nSPS) is 16.1. The van der Waals surface area contributed by atoms with Crippen molar-refractivity contribution in [3.63, 3.8) is 0 Å². The Balaban J connectivity index is 1.54. The van der Waals surface area contributed by atoms with E-state index in [9.17, 15) is 0 Å². The molecule has 2 heteroatoms. The zero-order valence-corrected chi connectivity index (χ0v) is 13.0. The average molecular weight is 275 g/mol. The molecule has 0 heterocycles. The van der Waals surface area contributed by atoms with E-state index in [1.165, 1.54) is 44.2 Å². The van der Waals surface area contributed by atoms with E-state index < -0.39 is 0 Å². The Morgan fingerprint density at radius 2 is 1.90 bits per heavy atom. The summed E-state index contributed by atoms with van der Waals surface area (Å²) >= 11 is 0. The Kier molecular flexibility index (Phi) is 6.38. The van der Waals surface area contributed by atoms with Crippen LogP contribution >= 0.6 is 0 Å². The van der Waals surface area contributed by atoms with Gasteiger partial charge in [-0.15, -0.1) is 0 Å². The molecule has 0 spiro atoms. The van der Waals surface area contributed by atoms with Crippen molar-refractivity contribution < 1.29 is 4.74 Å². The maximum atomic E-state index is 5.79. The number of benzene rings is 1. The third kappa shape index (κ3) is 5.54. The highest BCUT2D eigenvalue weighted by Gasteiger charge is 2.19. The van der Waals surface area contributed by atoms with Crippen molar-refractivity contribution in [1.29, 1.82) is 0 Å². The lowest BCUT2D eigenvalue weighted by atomic mass is 9.99. The molecule has 20 heavy (non-hydrogen) atoms. The van der Waals surface area contributed by atoms with Gasteiger partial charge in [-0.05, 0) is 68.7 Å². The van der Waals surface area contributed by atoms with Crippen LogP contribution in [0.25, 0.3) is 0 Å². The van der Waals surface area contributed by atoms with E-state index in [2.05, 4.69) is 43.4 Å². The molecule has 0 amide bonds. The van der Waals surface area contributed by atoms with E-state index in [1.807, 2.05) is 0 Å². The molecule has 0 aromatic heterocycles. The number of ether oxygens (including phenoxy) is 1. The van der Waals surface area contributed by atoms with Crippen LogP contribution in [0.2, 0.25) is 0 Å². The van der Waals surface area contributed by atoms with Crippen LogP contribution in [0.15, 0.2) is 24.3 Å². The smallest absolute Gasteiger partial charge is 0.119 e. The molecule has 0 bridgehead atoms. The van der Waals surface area contributed by atoms with Crippen LogP contribution in [0.5, 0.6) is 5.75 Å². The summed E-state index contributed by atoms with van der Waals surface area (Å²) in [6, 6.07) is 9.45. The Bertz CT molecular complexity index is 370. The van der Waals surface area contributed by atoms with Gasteiger partial charge in [0.2, 0.25) is 0 Å². The fourth-order valence-electron chi connectivity index (χ4n) is 2.32. The zero-order chi connectivity index (χ0) is 14.2. The summed E-state index contributed by atoms with van der Waals surface area (Å²) < 4.78 is 5.79. The molecular weight excluding hydrogens is 246 g/mol. The molecule has 0 aliphatic heterocycles. The van der Waals surface area contributed by atoms with E-state index in [0.717, 1.165) is 24.8 Å². The monoisotopic (exact) mass is 275 g/mol. The summed E-state index contributed by atoms with van der Waals surface area (Å²) in [5, 5.41) is 3.55. The maximum Gasteiger partial charge on any atom is 0.119 e. The first-order chi connectivity index (χ1) is 9.79. The number of nitrogens with one attached hydrogen (secondary N) is 1. The molecule has 1 aliphatic rings. The molecular formula is C18H29NO. The third-order valence-electron chi connectivity index (χ3n) is 4.16. The molecule has 2 rings (SSSR count). The quantitative estimate of drug-likeness (QED) is 0.635. The summed E-state index contributed by atoms with van der Waals surface area (Å²) in [5.74, 6) is 1.65. The minimum Gasteiger partial charge on any atom is -0.494 e. The van der Waals surface area contributed by atoms with Crippen molar-refractivity contribution >= 4 is 0 Å². The summed E-state index contributed by atoms with van der Waals surface area (Å²) in [7, 11) is 0. The van der Waals surface area contributed by atoms with Gasteiger partial charge in [0, 0.05) is 6.04 Å². The summed E-state index contributed by atoms with van der Waals surface area (Å²) in [6.45, 7) is 6.51. The Hall–Kier alpha value is -1.02. The van der Waals surface area contributed by atoms with Crippen LogP contribution in [0.1, 0.15) is 63.9 Å². The molecule has 1 N–H and O–H groups in total. The van der Waals surface area contributed by atoms with Gasteiger partial charge in [-0.25, -0.2) is 0 Å². The van der Waals surface area contributed by atoms with Crippen LogP contribution in [0, 0.1) is 0 Å². The Labute approximate surface area is 123 Å². The highest BCUT2D eigenvalue weighted by atomic mass is 16.5. The van der Waals surface area contributed by atoms with Gasteiger partial charge in [-0.3, -0.25) is 0 Å². The van der Waals surface area contributed by atoms with Gasteiger partial charge in [0.25, 0.3) is 0 Å². The topological polar surface area (TPSA) is 21.3 Å². The maximum absolute atomic E-state index is 5.79. The van der Waals surface area contributed by atoms with Gasteiger partial charge in [-0.2, -0.15) is 0 Å². The first-order valence-corrected chi connectivity index (χ1v) is 8.25. The molecule has 2 nitrogen and oxygen atoms in total. The highest BCUT2D eigenvalue weighted by molar-refractivity contribution is 5.29. The van der Waals surface area contributed by atoms with E-state index in [-0.39, 0.29) is 0 Å². The van der Waals surface area contributed by atoms with Gasteiger partial charge in [0.15, 0.2) is 0 Å². The van der Waals surface area contributed by atoms with Gasteiger partial charge >= 0.3 is 0 Å². The second kappa shape index (κ2) is 8.31. The van der Waals surface area contributed by atoms with Gasteiger partial charge in [0.05, 0.1) is 6.61 Å². The van der Waals surface area contributed by atoms with Crippen molar-refractivity contribution in [3.05, 3.63) is 29.8 Å². The predicted molar refractivity (Wildman–Crippen MR) is 85.5 cm³/mol. The minimum absolute atomic E-state index is 0.642. The van der Waals surface area contributed by atoms with Crippen LogP contribution in [-0.2, 0) is 0 Å². The molecule has 0 radical (unpaired) electrons. The van der Waals surface area contributed by atoms with Crippen LogP contribution in [-0.4, -0.2) is 19.2 Å². The second-order valence-electron chi connectivity index (χ2n) is 6.02. The van der Waals surface area contributed by atoms with Crippen LogP contribution < -0.4 is 10.1 Å². The number of hydrogen-bond donors (Lipinski definition) is 1. The molecule has 1 fully saturated rings. The molecule has 1 saturated carbocycles. The molecule has 0 saturated heterocycles. The Morgan fingerprint density at radius 1 is 1.15 bits per heavy atom. The van der Waals surface area contributed by atoms with Crippen molar-refractivity contribution in [3.8, 4) is 5.75 Å². The highest BCUT2D eigenvalue weighted by Crippen LogP contribution is 2.21. The lowest BCUT2D eigenvalue weighted by molar-refractivity contribution is 0.304. The molecule has 1 atom stereocenters. The lowest BCUT2D eigenvalue weighted by Gasteiger charge is -2.10. The summed E-state index contributed by atoms with van der Waals surface area (Å²) in [4.78, 5) is 0. The lowest BCUT2D eigenvalue weighted by Crippen LogP contribution is -2.17. The van der Waals surface area contributed by atoms with Crippen LogP contribution in [0.3, 0.4) is 0 Å². The fourth-order valence-corrected chi connectivity index (χ4v) is 2.32. The summed E-state index contributed by atoms with van der Waals surface area (Å²) in [5.41, 5.74) is 1.41. The third-order valence-corrected chi connectivity index (χ3v) is 4.16. The summed E-state index contributed by atoms with van der Waals surface area (Å²) in [6.07, 6.45) is 7.64. The van der Waals surface area contributed by atoms with E-state index in [4.69, 9.17) is 4.74 Å². The van der Waals surface area contributed by atoms with E-state index >= 15 is 0 Å². The van der Waals surface area contributed by atoms with E-state index in [1.54, 1.807) is 0 Å². The van der Waals surface area contributed by atoms with Crippen LogP contribution in [0.4, 0.5) is 0 Å². The van der Waals surface area contributed by atoms with Gasteiger partial charge < -0.3 is 10.1 Å². The minimum atomic E-state index is 0.642. The Morgan fingerprint density at radius 3 is 2.55 bits per heavy atom. The number of rotatable bonds is 10. The zero-order valence-electron chi connectivity index (χ0n) is 13.0. The van der Waals surface area contributed by atoms with Gasteiger partial charge in [0.1, 0.15) is 5.75 Å². The van der Waals surface area contributed by atoms with Crippen molar-refractivity contribution in [1.82, 2.24) is 5.32 Å². The van der Waals surface area contributed by atoms with Gasteiger partial charge in [-0.1, -0.05) is 26.0 Å². The number of unbranched alkanes of at least 4 members (excludes halogenated alkanes) is 2. The molecule has 1 aromatic carbocycles. The largest absolute Gasteiger partial charge is 0.494 e. The molecule has 1 aliphatic carbocycles. The second-order valence-corrected chi connectivity index (χ2v) is 6.02. The average Bonchev–Trinajstić information content (AvgIpc) is 3.30. The fraction of sp³-hybridized carbons (Fsp3) is 0.667. The molecule has 1 unspecified atom stereocenters. The standard InChI is InChI=1S/C18H29NO/c1-3-15(2)16-7-11-18(12-8-16)20-14-6-4-5-13-19-17-9-10-17/h7-8,11-12,15,17,19H,3-6,9-10,13-14H2,1-2H3. The van der Waals surface area contributed by atoms with E-state index in [0.29, 0.717) is 5.92 Å². The molecule has 1 aromatic rings. The SMILES string of the molecule is CCC(C)c1ccc(OCCCCCNC2CC2)cc1. The van der Waals surface area contributed by atoms with Crippen molar-refractivity contribution in [2.75, 3.05) is 13.2 Å². The van der Waals surface area contributed by atoms with Crippen molar-refractivity contribution in [2.45, 2.75) is 64.3 Å². The van der Waals surface area contributed by atoms with Crippen molar-refractivity contribution in [2.24, 2.45) is 0 Å².